The summed E-state index contributed by atoms with van der Waals surface area (Å²) in [6, 6.07) is 3.34. The molecule has 2 rings (SSSR count). The Morgan fingerprint density at radius 1 is 1.40 bits per heavy atom. The number of carbonyl (C=O) groups is 2. The number of piperidine rings is 1. The Bertz CT molecular complexity index is 504. The second-order valence-electron chi connectivity index (χ2n) is 5.29. The third-order valence-electron chi connectivity index (χ3n) is 4.04. The van der Waals surface area contributed by atoms with Gasteiger partial charge in [0.05, 0.1) is 5.41 Å². The highest BCUT2D eigenvalue weighted by molar-refractivity contribution is 9.10. The first-order chi connectivity index (χ1) is 9.48. The van der Waals surface area contributed by atoms with Crippen LogP contribution in [0, 0.1) is 5.41 Å². The Balaban J connectivity index is 2.03. The van der Waals surface area contributed by atoms with Crippen molar-refractivity contribution in [3.05, 3.63) is 22.6 Å². The molecule has 1 aliphatic rings. The van der Waals surface area contributed by atoms with Crippen LogP contribution in [0.25, 0.3) is 0 Å². The zero-order valence-corrected chi connectivity index (χ0v) is 13.1. The average molecular weight is 343 g/mol. The van der Waals surface area contributed by atoms with Gasteiger partial charge in [0.2, 0.25) is 5.91 Å². The molecular weight excluding hydrogens is 324 g/mol. The highest BCUT2D eigenvalue weighted by atomic mass is 79.9. The molecular formula is C14H19BrN2O3. The van der Waals surface area contributed by atoms with Crippen molar-refractivity contribution in [3.63, 3.8) is 0 Å². The van der Waals surface area contributed by atoms with Crippen molar-refractivity contribution in [1.29, 1.82) is 0 Å². The van der Waals surface area contributed by atoms with Gasteiger partial charge in [0.25, 0.3) is 5.91 Å². The predicted molar refractivity (Wildman–Crippen MR) is 78.1 cm³/mol. The van der Waals surface area contributed by atoms with E-state index in [-0.39, 0.29) is 11.8 Å². The summed E-state index contributed by atoms with van der Waals surface area (Å²) < 4.78 is 5.82. The van der Waals surface area contributed by atoms with Gasteiger partial charge < -0.3 is 15.1 Å². The van der Waals surface area contributed by atoms with Crippen LogP contribution in [-0.2, 0) is 4.79 Å². The number of nitrogens with two attached hydrogens (primary N) is 1. The molecule has 2 amide bonds. The normalized spacial score (nSPS) is 18.0. The van der Waals surface area contributed by atoms with Crippen LogP contribution in [0.3, 0.4) is 0 Å². The van der Waals surface area contributed by atoms with E-state index in [1.165, 1.54) is 0 Å². The smallest absolute Gasteiger partial charge is 0.289 e. The second kappa shape index (κ2) is 5.99. The first-order valence-electron chi connectivity index (χ1n) is 6.83. The number of primary amides is 1. The predicted octanol–water partition coefficient (Wildman–Crippen LogP) is 2.55. The molecule has 2 heterocycles. The quantitative estimate of drug-likeness (QED) is 0.913. The molecule has 1 saturated heterocycles. The molecule has 110 valence electrons. The lowest BCUT2D eigenvalue weighted by molar-refractivity contribution is -0.130. The summed E-state index contributed by atoms with van der Waals surface area (Å²) in [6.07, 6.45) is 2.96. The molecule has 0 radical (unpaired) electrons. The van der Waals surface area contributed by atoms with Crippen LogP contribution in [0.5, 0.6) is 0 Å². The van der Waals surface area contributed by atoms with Gasteiger partial charge in [0.1, 0.15) is 0 Å². The van der Waals surface area contributed by atoms with E-state index in [9.17, 15) is 9.59 Å². The van der Waals surface area contributed by atoms with Gasteiger partial charge in [-0.3, -0.25) is 9.59 Å². The van der Waals surface area contributed by atoms with Gasteiger partial charge in [-0.2, -0.15) is 0 Å². The van der Waals surface area contributed by atoms with E-state index in [4.69, 9.17) is 10.2 Å². The van der Waals surface area contributed by atoms with Crippen LogP contribution in [0.4, 0.5) is 0 Å². The van der Waals surface area contributed by atoms with Gasteiger partial charge in [-0.15, -0.1) is 0 Å². The summed E-state index contributed by atoms with van der Waals surface area (Å²) in [5, 5.41) is 0. The zero-order chi connectivity index (χ0) is 14.8. The van der Waals surface area contributed by atoms with Crippen LogP contribution < -0.4 is 5.73 Å². The standard InChI is InChI=1S/C14H19BrN2O3/c1-2-5-14(13(16)19)6-8-17(9-7-14)12(18)10-3-4-11(15)20-10/h3-4H,2,5-9H2,1H3,(H2,16,19). The minimum Gasteiger partial charge on any atom is -0.444 e. The Morgan fingerprint density at radius 2 is 2.05 bits per heavy atom. The lowest BCUT2D eigenvalue weighted by Crippen LogP contribution is -2.48. The number of hydrogen-bond donors (Lipinski definition) is 1. The summed E-state index contributed by atoms with van der Waals surface area (Å²) in [5.74, 6) is -0.0589. The molecule has 2 N–H and O–H groups in total. The molecule has 1 aliphatic heterocycles. The maximum Gasteiger partial charge on any atom is 0.289 e. The fourth-order valence-corrected chi connectivity index (χ4v) is 3.13. The molecule has 0 unspecified atom stereocenters. The van der Waals surface area contributed by atoms with Crippen molar-refractivity contribution < 1.29 is 14.0 Å². The van der Waals surface area contributed by atoms with Crippen LogP contribution in [0.1, 0.15) is 43.2 Å². The van der Waals surface area contributed by atoms with Crippen molar-refractivity contribution in [2.24, 2.45) is 11.1 Å². The van der Waals surface area contributed by atoms with Gasteiger partial charge in [-0.25, -0.2) is 0 Å². The topological polar surface area (TPSA) is 76.5 Å². The SMILES string of the molecule is CCCC1(C(N)=O)CCN(C(=O)c2ccc(Br)o2)CC1. The third kappa shape index (κ3) is 2.90. The fourth-order valence-electron chi connectivity index (χ4n) is 2.82. The Hall–Kier alpha value is -1.30. The maximum atomic E-state index is 12.2. The molecule has 0 bridgehead atoms. The van der Waals surface area contributed by atoms with Gasteiger partial charge in [0.15, 0.2) is 10.4 Å². The van der Waals surface area contributed by atoms with E-state index in [1.54, 1.807) is 17.0 Å². The number of hydrogen-bond acceptors (Lipinski definition) is 3. The Labute approximate surface area is 126 Å². The molecule has 5 nitrogen and oxygen atoms in total. The van der Waals surface area contributed by atoms with Crippen LogP contribution in [0.15, 0.2) is 21.2 Å². The Kier molecular flexibility index (Phi) is 4.52. The number of furan rings is 1. The molecule has 1 fully saturated rings. The van der Waals surface area contributed by atoms with Crippen molar-refractivity contribution in [2.75, 3.05) is 13.1 Å². The number of likely N-dealkylation sites (tertiary alicyclic amines) is 1. The minimum absolute atomic E-state index is 0.134. The molecule has 0 saturated carbocycles. The number of nitrogens with zero attached hydrogens (tertiary/aromatic N) is 1. The second-order valence-corrected chi connectivity index (χ2v) is 6.07. The number of rotatable bonds is 4. The first-order valence-corrected chi connectivity index (χ1v) is 7.62. The first kappa shape index (κ1) is 15.1. The largest absolute Gasteiger partial charge is 0.444 e. The van der Waals surface area contributed by atoms with E-state index in [1.807, 2.05) is 6.92 Å². The third-order valence-corrected chi connectivity index (χ3v) is 4.47. The monoisotopic (exact) mass is 342 g/mol. The van der Waals surface area contributed by atoms with Crippen molar-refractivity contribution in [2.45, 2.75) is 32.6 Å². The van der Waals surface area contributed by atoms with Crippen molar-refractivity contribution in [1.82, 2.24) is 4.90 Å². The summed E-state index contributed by atoms with van der Waals surface area (Å²) in [7, 11) is 0. The van der Waals surface area contributed by atoms with E-state index in [0.717, 1.165) is 12.8 Å². The maximum absolute atomic E-state index is 12.2. The van der Waals surface area contributed by atoms with Gasteiger partial charge in [-0.05, 0) is 47.3 Å². The van der Waals surface area contributed by atoms with Gasteiger partial charge >= 0.3 is 0 Å². The van der Waals surface area contributed by atoms with Crippen LogP contribution in [0.2, 0.25) is 0 Å². The summed E-state index contributed by atoms with van der Waals surface area (Å²) >= 11 is 3.18. The van der Waals surface area contributed by atoms with Gasteiger partial charge in [-0.1, -0.05) is 13.3 Å². The zero-order valence-electron chi connectivity index (χ0n) is 11.5. The minimum atomic E-state index is -0.449. The molecule has 1 aromatic heterocycles. The molecule has 0 atom stereocenters. The molecule has 0 aliphatic carbocycles. The molecule has 1 aromatic rings. The van der Waals surface area contributed by atoms with E-state index in [2.05, 4.69) is 15.9 Å². The summed E-state index contributed by atoms with van der Waals surface area (Å²) in [5.41, 5.74) is 5.11. The van der Waals surface area contributed by atoms with Gasteiger partial charge in [0, 0.05) is 13.1 Å². The lowest BCUT2D eigenvalue weighted by Gasteiger charge is -2.39. The van der Waals surface area contributed by atoms with E-state index < -0.39 is 5.41 Å². The average Bonchev–Trinajstić information content (AvgIpc) is 2.85. The highest BCUT2D eigenvalue weighted by Crippen LogP contribution is 2.36. The lowest BCUT2D eigenvalue weighted by atomic mass is 9.74. The fraction of sp³-hybridized carbons (Fsp3) is 0.571. The Morgan fingerprint density at radius 3 is 2.50 bits per heavy atom. The molecule has 6 heteroatoms. The van der Waals surface area contributed by atoms with Crippen molar-refractivity contribution >= 4 is 27.7 Å². The molecule has 0 spiro atoms. The number of halogens is 1. The van der Waals surface area contributed by atoms with E-state index >= 15 is 0 Å². The summed E-state index contributed by atoms with van der Waals surface area (Å²) in [4.78, 5) is 25.7. The number of carbonyl (C=O) groups excluding carboxylic acids is 2. The number of amides is 2. The molecule has 0 aromatic carbocycles. The summed E-state index contributed by atoms with van der Waals surface area (Å²) in [6.45, 7) is 3.13. The van der Waals surface area contributed by atoms with Crippen LogP contribution >= 0.6 is 15.9 Å². The van der Waals surface area contributed by atoms with Crippen molar-refractivity contribution in [3.8, 4) is 0 Å². The molecule has 20 heavy (non-hydrogen) atoms. The highest BCUT2D eigenvalue weighted by Gasteiger charge is 2.40. The van der Waals surface area contributed by atoms with Crippen LogP contribution in [-0.4, -0.2) is 29.8 Å². The van der Waals surface area contributed by atoms with E-state index in [0.29, 0.717) is 36.4 Å².